The molecule has 1 rings (SSSR count). The Labute approximate surface area is 118 Å². The van der Waals surface area contributed by atoms with Crippen LogP contribution in [-0.2, 0) is 14.3 Å². The van der Waals surface area contributed by atoms with E-state index < -0.39 is 5.97 Å². The van der Waals surface area contributed by atoms with Gasteiger partial charge >= 0.3 is 5.97 Å². The fourth-order valence-electron chi connectivity index (χ4n) is 1.67. The number of esters is 1. The number of ether oxygens (including phenoxy) is 2. The van der Waals surface area contributed by atoms with Crippen molar-refractivity contribution in [3.05, 3.63) is 34.4 Å². The summed E-state index contributed by atoms with van der Waals surface area (Å²) in [6, 6.07) is 5.21. The molecule has 0 saturated carbocycles. The van der Waals surface area contributed by atoms with E-state index >= 15 is 0 Å². The number of nitriles is 1. The molecule has 0 aliphatic heterocycles. The summed E-state index contributed by atoms with van der Waals surface area (Å²) in [7, 11) is 1.50. The summed E-state index contributed by atoms with van der Waals surface area (Å²) >= 11 is 0. The Bertz CT molecular complexity index is 547. The van der Waals surface area contributed by atoms with E-state index in [1.54, 1.807) is 26.0 Å². The van der Waals surface area contributed by atoms with Crippen LogP contribution in [0, 0.1) is 25.2 Å². The zero-order valence-corrected chi connectivity index (χ0v) is 11.8. The van der Waals surface area contributed by atoms with Gasteiger partial charge in [-0.3, -0.25) is 0 Å². The molecule has 0 aliphatic carbocycles. The molecule has 0 aromatic heterocycles. The second-order valence-electron chi connectivity index (χ2n) is 4.30. The number of carbonyl (C=O) groups is 1. The van der Waals surface area contributed by atoms with Gasteiger partial charge in [0.1, 0.15) is 24.0 Å². The molecular weight excluding hydrogens is 258 g/mol. The number of nitrogens with zero attached hydrogens (tertiary/aromatic N) is 1. The fraction of sp³-hybridized carbons (Fsp3) is 0.333. The molecule has 5 nitrogen and oxygen atoms in total. The molecule has 0 heterocycles. The quantitative estimate of drug-likeness (QED) is 0.385. The van der Waals surface area contributed by atoms with E-state index in [0.29, 0.717) is 16.7 Å². The zero-order chi connectivity index (χ0) is 15.1. The lowest BCUT2D eigenvalue weighted by molar-refractivity contribution is -0.139. The van der Waals surface area contributed by atoms with Gasteiger partial charge in [-0.05, 0) is 48.7 Å². The fourth-order valence-corrected chi connectivity index (χ4v) is 1.67. The minimum absolute atomic E-state index is 0.0920. The van der Waals surface area contributed by atoms with E-state index in [9.17, 15) is 9.90 Å². The number of methoxy groups -OCH3 is 1. The molecule has 0 fully saturated rings. The normalized spacial score (nSPS) is 11.0. The van der Waals surface area contributed by atoms with Crippen molar-refractivity contribution in [2.75, 3.05) is 20.3 Å². The van der Waals surface area contributed by atoms with Crippen molar-refractivity contribution in [1.82, 2.24) is 0 Å². The Morgan fingerprint density at radius 3 is 2.45 bits per heavy atom. The van der Waals surface area contributed by atoms with Crippen LogP contribution in [0.3, 0.4) is 0 Å². The van der Waals surface area contributed by atoms with E-state index in [2.05, 4.69) is 0 Å². The number of aromatic hydroxyl groups is 1. The SMILES string of the molecule is COCCOC(=O)C(C#N)=Cc1cc(C)c(O)c(C)c1. The lowest BCUT2D eigenvalue weighted by atomic mass is 10.0. The third-order valence-corrected chi connectivity index (χ3v) is 2.69. The van der Waals surface area contributed by atoms with Gasteiger partial charge in [0, 0.05) is 7.11 Å². The maximum Gasteiger partial charge on any atom is 0.348 e. The minimum Gasteiger partial charge on any atom is -0.507 e. The average Bonchev–Trinajstić information content (AvgIpc) is 2.42. The summed E-state index contributed by atoms with van der Waals surface area (Å²) in [5.74, 6) is -0.476. The molecule has 1 aromatic carbocycles. The van der Waals surface area contributed by atoms with Crippen LogP contribution in [0.1, 0.15) is 16.7 Å². The van der Waals surface area contributed by atoms with Crippen molar-refractivity contribution in [3.63, 3.8) is 0 Å². The highest BCUT2D eigenvalue weighted by atomic mass is 16.6. The Balaban J connectivity index is 2.95. The Hall–Kier alpha value is -2.32. The molecule has 0 saturated heterocycles. The summed E-state index contributed by atoms with van der Waals surface area (Å²) < 4.78 is 9.65. The van der Waals surface area contributed by atoms with Crippen LogP contribution in [0.15, 0.2) is 17.7 Å². The van der Waals surface area contributed by atoms with E-state index in [1.807, 2.05) is 6.07 Å². The molecule has 106 valence electrons. The number of hydrogen-bond acceptors (Lipinski definition) is 5. The van der Waals surface area contributed by atoms with Gasteiger partial charge in [0.15, 0.2) is 0 Å². The summed E-state index contributed by atoms with van der Waals surface area (Å²) in [5.41, 5.74) is 1.94. The molecule has 0 aliphatic rings. The lowest BCUT2D eigenvalue weighted by Gasteiger charge is -2.06. The van der Waals surface area contributed by atoms with Crippen molar-refractivity contribution in [2.24, 2.45) is 0 Å². The highest BCUT2D eigenvalue weighted by molar-refractivity contribution is 5.97. The Morgan fingerprint density at radius 1 is 1.35 bits per heavy atom. The second kappa shape index (κ2) is 7.31. The van der Waals surface area contributed by atoms with Gasteiger partial charge in [-0.15, -0.1) is 0 Å². The predicted molar refractivity (Wildman–Crippen MR) is 74.0 cm³/mol. The number of aryl methyl sites for hydroxylation is 2. The maximum absolute atomic E-state index is 11.7. The van der Waals surface area contributed by atoms with E-state index in [4.69, 9.17) is 14.7 Å². The summed E-state index contributed by atoms with van der Waals surface area (Å²) in [5, 5.41) is 18.7. The minimum atomic E-state index is -0.687. The van der Waals surface area contributed by atoms with E-state index in [0.717, 1.165) is 0 Å². The second-order valence-corrected chi connectivity index (χ2v) is 4.30. The van der Waals surface area contributed by atoms with Crippen LogP contribution < -0.4 is 0 Å². The monoisotopic (exact) mass is 275 g/mol. The topological polar surface area (TPSA) is 79.5 Å². The van der Waals surface area contributed by atoms with Crippen LogP contribution in [0.2, 0.25) is 0 Å². The highest BCUT2D eigenvalue weighted by Crippen LogP contribution is 2.24. The summed E-state index contributed by atoms with van der Waals surface area (Å²) in [6.07, 6.45) is 1.44. The van der Waals surface area contributed by atoms with Crippen LogP contribution in [0.25, 0.3) is 6.08 Å². The number of hydrogen-bond donors (Lipinski definition) is 1. The average molecular weight is 275 g/mol. The standard InChI is InChI=1S/C15H17NO4/c1-10-6-12(7-11(2)14(10)17)8-13(9-16)15(18)20-5-4-19-3/h6-8,17H,4-5H2,1-3H3. The Kier molecular flexibility index (Phi) is 5.75. The van der Waals surface area contributed by atoms with Gasteiger partial charge in [0.05, 0.1) is 6.61 Å². The maximum atomic E-state index is 11.7. The number of phenols is 1. The van der Waals surface area contributed by atoms with Gasteiger partial charge in [-0.2, -0.15) is 5.26 Å². The van der Waals surface area contributed by atoms with Gasteiger partial charge < -0.3 is 14.6 Å². The zero-order valence-electron chi connectivity index (χ0n) is 11.8. The van der Waals surface area contributed by atoms with Gasteiger partial charge in [0.2, 0.25) is 0 Å². The number of rotatable bonds is 5. The molecule has 0 spiro atoms. The van der Waals surface area contributed by atoms with Gasteiger partial charge in [-0.25, -0.2) is 4.79 Å². The Morgan fingerprint density at radius 2 is 1.95 bits per heavy atom. The van der Waals surface area contributed by atoms with Crippen molar-refractivity contribution in [2.45, 2.75) is 13.8 Å². The first-order valence-electron chi connectivity index (χ1n) is 6.07. The van der Waals surface area contributed by atoms with Gasteiger partial charge in [0.25, 0.3) is 0 Å². The predicted octanol–water partition coefficient (Wildman–Crippen LogP) is 2.11. The first kappa shape index (κ1) is 15.7. The number of phenolic OH excluding ortho intramolecular Hbond substituents is 1. The van der Waals surface area contributed by atoms with Crippen molar-refractivity contribution in [1.29, 1.82) is 5.26 Å². The lowest BCUT2D eigenvalue weighted by Crippen LogP contribution is -2.11. The van der Waals surface area contributed by atoms with Gasteiger partial charge in [-0.1, -0.05) is 0 Å². The molecular formula is C15H17NO4. The van der Waals surface area contributed by atoms with E-state index in [1.165, 1.54) is 13.2 Å². The van der Waals surface area contributed by atoms with Crippen molar-refractivity contribution in [3.8, 4) is 11.8 Å². The number of carbonyl (C=O) groups excluding carboxylic acids is 1. The molecule has 0 atom stereocenters. The van der Waals surface area contributed by atoms with Crippen LogP contribution in [0.5, 0.6) is 5.75 Å². The molecule has 20 heavy (non-hydrogen) atoms. The third kappa shape index (κ3) is 4.11. The highest BCUT2D eigenvalue weighted by Gasteiger charge is 2.11. The van der Waals surface area contributed by atoms with Crippen LogP contribution in [-0.4, -0.2) is 31.4 Å². The first-order chi connectivity index (χ1) is 9.49. The van der Waals surface area contributed by atoms with Crippen LogP contribution in [0.4, 0.5) is 0 Å². The summed E-state index contributed by atoms with van der Waals surface area (Å²) in [6.45, 7) is 3.88. The molecule has 0 bridgehead atoms. The smallest absolute Gasteiger partial charge is 0.348 e. The largest absolute Gasteiger partial charge is 0.507 e. The molecule has 1 N–H and O–H groups in total. The molecule has 5 heteroatoms. The molecule has 0 radical (unpaired) electrons. The summed E-state index contributed by atoms with van der Waals surface area (Å²) in [4.78, 5) is 11.7. The molecule has 0 amide bonds. The third-order valence-electron chi connectivity index (χ3n) is 2.69. The van der Waals surface area contributed by atoms with Crippen LogP contribution >= 0.6 is 0 Å². The number of benzene rings is 1. The molecule has 0 unspecified atom stereocenters. The van der Waals surface area contributed by atoms with Crippen molar-refractivity contribution >= 4 is 12.0 Å². The molecule has 1 aromatic rings. The first-order valence-corrected chi connectivity index (χ1v) is 6.07. The van der Waals surface area contributed by atoms with E-state index in [-0.39, 0.29) is 24.5 Å². The van der Waals surface area contributed by atoms with Crippen molar-refractivity contribution < 1.29 is 19.4 Å².